The molecule has 0 amide bonds. The van der Waals surface area contributed by atoms with E-state index in [-0.39, 0.29) is 6.04 Å². The Balaban J connectivity index is 2.30. The van der Waals surface area contributed by atoms with Gasteiger partial charge in [-0.3, -0.25) is 11.3 Å². The first kappa shape index (κ1) is 11.4. The van der Waals surface area contributed by atoms with E-state index < -0.39 is 0 Å². The van der Waals surface area contributed by atoms with Crippen LogP contribution in [0.2, 0.25) is 0 Å². The summed E-state index contributed by atoms with van der Waals surface area (Å²) in [4.78, 5) is 0. The molecule has 0 spiro atoms. The maximum absolute atomic E-state index is 5.69. The summed E-state index contributed by atoms with van der Waals surface area (Å²) in [6.45, 7) is 4.95. The number of hydrazine groups is 1. The zero-order chi connectivity index (χ0) is 11.6. The molecule has 0 radical (unpaired) electrons. The van der Waals surface area contributed by atoms with Crippen molar-refractivity contribution in [3.05, 3.63) is 29.8 Å². The fourth-order valence-corrected chi connectivity index (χ4v) is 2.16. The van der Waals surface area contributed by atoms with Gasteiger partial charge in [0.2, 0.25) is 0 Å². The summed E-state index contributed by atoms with van der Waals surface area (Å²) in [6, 6.07) is 8.33. The van der Waals surface area contributed by atoms with Gasteiger partial charge in [-0.25, -0.2) is 0 Å². The van der Waals surface area contributed by atoms with Gasteiger partial charge in [-0.2, -0.15) is 0 Å². The number of para-hydroxylation sites is 1. The molecule has 88 valence electrons. The minimum Gasteiger partial charge on any atom is -0.494 e. The van der Waals surface area contributed by atoms with Crippen LogP contribution in [0.5, 0.6) is 5.75 Å². The SMILES string of the molecule is CCOc1ccccc1C(NN)C1(C)CC1. The van der Waals surface area contributed by atoms with Crippen molar-refractivity contribution >= 4 is 0 Å². The van der Waals surface area contributed by atoms with E-state index in [1.807, 2.05) is 25.1 Å². The molecule has 2 rings (SSSR count). The van der Waals surface area contributed by atoms with Crippen LogP contribution in [-0.4, -0.2) is 6.61 Å². The Labute approximate surface area is 97.0 Å². The molecule has 0 aromatic heterocycles. The Morgan fingerprint density at radius 2 is 2.12 bits per heavy atom. The van der Waals surface area contributed by atoms with Crippen molar-refractivity contribution < 1.29 is 4.74 Å². The van der Waals surface area contributed by atoms with Gasteiger partial charge in [0.1, 0.15) is 5.75 Å². The fraction of sp³-hybridized carbons (Fsp3) is 0.538. The highest BCUT2D eigenvalue weighted by molar-refractivity contribution is 5.38. The predicted octanol–water partition coefficient (Wildman–Crippen LogP) is 2.39. The molecule has 16 heavy (non-hydrogen) atoms. The lowest BCUT2D eigenvalue weighted by atomic mass is 9.92. The molecule has 1 saturated carbocycles. The third kappa shape index (κ3) is 2.06. The average Bonchev–Trinajstić information content (AvgIpc) is 3.01. The molecular weight excluding hydrogens is 200 g/mol. The second-order valence-corrected chi connectivity index (χ2v) is 4.72. The Morgan fingerprint density at radius 3 is 2.69 bits per heavy atom. The number of nitrogens with two attached hydrogens (primary N) is 1. The molecule has 1 aliphatic rings. The van der Waals surface area contributed by atoms with Crippen LogP contribution in [0.15, 0.2) is 24.3 Å². The first-order valence-electron chi connectivity index (χ1n) is 5.89. The highest BCUT2D eigenvalue weighted by Gasteiger charge is 2.45. The predicted molar refractivity (Wildman–Crippen MR) is 65.0 cm³/mol. The largest absolute Gasteiger partial charge is 0.494 e. The van der Waals surface area contributed by atoms with Crippen LogP contribution in [0.25, 0.3) is 0 Å². The first-order chi connectivity index (χ1) is 7.71. The van der Waals surface area contributed by atoms with Crippen molar-refractivity contribution in [3.63, 3.8) is 0 Å². The molecule has 3 N–H and O–H groups in total. The van der Waals surface area contributed by atoms with Crippen LogP contribution >= 0.6 is 0 Å². The summed E-state index contributed by atoms with van der Waals surface area (Å²) in [5, 5.41) is 0. The maximum Gasteiger partial charge on any atom is 0.124 e. The molecule has 1 aromatic rings. The molecule has 0 bridgehead atoms. The second-order valence-electron chi connectivity index (χ2n) is 4.72. The molecule has 1 unspecified atom stereocenters. The molecule has 1 fully saturated rings. The van der Waals surface area contributed by atoms with E-state index in [0.29, 0.717) is 12.0 Å². The lowest BCUT2D eigenvalue weighted by Crippen LogP contribution is -2.33. The van der Waals surface area contributed by atoms with Crippen LogP contribution in [0, 0.1) is 5.41 Å². The summed E-state index contributed by atoms with van der Waals surface area (Å²) in [7, 11) is 0. The third-order valence-corrected chi connectivity index (χ3v) is 3.43. The quantitative estimate of drug-likeness (QED) is 0.591. The monoisotopic (exact) mass is 220 g/mol. The fourth-order valence-electron chi connectivity index (χ4n) is 2.16. The highest BCUT2D eigenvalue weighted by atomic mass is 16.5. The smallest absolute Gasteiger partial charge is 0.124 e. The number of ether oxygens (including phenoxy) is 1. The van der Waals surface area contributed by atoms with E-state index in [9.17, 15) is 0 Å². The lowest BCUT2D eigenvalue weighted by Gasteiger charge is -2.25. The van der Waals surface area contributed by atoms with Crippen molar-refractivity contribution in [1.29, 1.82) is 0 Å². The normalized spacial score (nSPS) is 19.2. The van der Waals surface area contributed by atoms with E-state index in [2.05, 4.69) is 18.4 Å². The van der Waals surface area contributed by atoms with Crippen molar-refractivity contribution in [2.24, 2.45) is 11.3 Å². The topological polar surface area (TPSA) is 47.3 Å². The first-order valence-corrected chi connectivity index (χ1v) is 5.89. The van der Waals surface area contributed by atoms with Gasteiger partial charge in [0, 0.05) is 5.56 Å². The van der Waals surface area contributed by atoms with Crippen LogP contribution in [0.1, 0.15) is 38.3 Å². The molecular formula is C13H20N2O. The zero-order valence-electron chi connectivity index (χ0n) is 9.99. The number of hydrogen-bond donors (Lipinski definition) is 2. The molecule has 0 aliphatic heterocycles. The van der Waals surface area contributed by atoms with Crippen LogP contribution in [0.3, 0.4) is 0 Å². The summed E-state index contributed by atoms with van der Waals surface area (Å²) in [6.07, 6.45) is 2.45. The second kappa shape index (κ2) is 4.44. The van der Waals surface area contributed by atoms with Gasteiger partial charge < -0.3 is 4.74 Å². The minimum atomic E-state index is 0.190. The molecule has 1 aliphatic carbocycles. The summed E-state index contributed by atoms with van der Waals surface area (Å²) in [5.41, 5.74) is 4.41. The van der Waals surface area contributed by atoms with Crippen molar-refractivity contribution in [1.82, 2.24) is 5.43 Å². The number of rotatable bonds is 5. The van der Waals surface area contributed by atoms with Crippen molar-refractivity contribution in [3.8, 4) is 5.75 Å². The Hall–Kier alpha value is -1.06. The molecule has 1 aromatic carbocycles. The third-order valence-electron chi connectivity index (χ3n) is 3.43. The van der Waals surface area contributed by atoms with Gasteiger partial charge in [0.15, 0.2) is 0 Å². The van der Waals surface area contributed by atoms with Crippen LogP contribution < -0.4 is 16.0 Å². The van der Waals surface area contributed by atoms with Crippen LogP contribution in [0.4, 0.5) is 0 Å². The number of benzene rings is 1. The van der Waals surface area contributed by atoms with E-state index >= 15 is 0 Å². The maximum atomic E-state index is 5.69. The Bertz CT molecular complexity index is 361. The molecule has 3 heteroatoms. The summed E-state index contributed by atoms with van der Waals surface area (Å²) < 4.78 is 5.65. The van der Waals surface area contributed by atoms with Crippen molar-refractivity contribution in [2.45, 2.75) is 32.7 Å². The van der Waals surface area contributed by atoms with Gasteiger partial charge in [0.05, 0.1) is 12.6 Å². The molecule has 3 nitrogen and oxygen atoms in total. The van der Waals surface area contributed by atoms with Gasteiger partial charge >= 0.3 is 0 Å². The summed E-state index contributed by atoms with van der Waals surface area (Å²) in [5.74, 6) is 6.64. The minimum absolute atomic E-state index is 0.190. The van der Waals surface area contributed by atoms with Crippen molar-refractivity contribution in [2.75, 3.05) is 6.61 Å². The number of nitrogens with one attached hydrogen (secondary N) is 1. The Kier molecular flexibility index (Phi) is 3.17. The van der Waals surface area contributed by atoms with E-state index in [4.69, 9.17) is 10.6 Å². The molecule has 0 saturated heterocycles. The lowest BCUT2D eigenvalue weighted by molar-refractivity contribution is 0.313. The number of hydrogen-bond acceptors (Lipinski definition) is 3. The highest BCUT2D eigenvalue weighted by Crippen LogP contribution is 2.55. The van der Waals surface area contributed by atoms with E-state index in [0.717, 1.165) is 5.75 Å². The zero-order valence-corrected chi connectivity index (χ0v) is 9.99. The summed E-state index contributed by atoms with van der Waals surface area (Å²) >= 11 is 0. The molecule has 0 heterocycles. The van der Waals surface area contributed by atoms with E-state index in [1.54, 1.807) is 0 Å². The van der Waals surface area contributed by atoms with Gasteiger partial charge in [0.25, 0.3) is 0 Å². The molecule has 1 atom stereocenters. The Morgan fingerprint density at radius 1 is 1.44 bits per heavy atom. The van der Waals surface area contributed by atoms with Gasteiger partial charge in [-0.15, -0.1) is 0 Å². The van der Waals surface area contributed by atoms with Gasteiger partial charge in [-0.05, 0) is 31.2 Å². The van der Waals surface area contributed by atoms with E-state index in [1.165, 1.54) is 18.4 Å². The van der Waals surface area contributed by atoms with Crippen LogP contribution in [-0.2, 0) is 0 Å². The standard InChI is InChI=1S/C13H20N2O/c1-3-16-11-7-5-4-6-10(11)12(15-14)13(2)8-9-13/h4-7,12,15H,3,8-9,14H2,1-2H3. The van der Waals surface area contributed by atoms with Gasteiger partial charge in [-0.1, -0.05) is 25.1 Å². The average molecular weight is 220 g/mol.